The molecule has 0 bridgehead atoms. The highest BCUT2D eigenvalue weighted by Crippen LogP contribution is 2.26. The number of rotatable bonds is 3. The second-order valence-corrected chi connectivity index (χ2v) is 5.77. The van der Waals surface area contributed by atoms with Crippen LogP contribution in [0.4, 0.5) is 0 Å². The minimum Gasteiger partial charge on any atom is -0.293 e. The van der Waals surface area contributed by atoms with Crippen LogP contribution < -0.4 is 0 Å². The first-order chi connectivity index (χ1) is 8.33. The van der Waals surface area contributed by atoms with Crippen molar-refractivity contribution in [1.29, 1.82) is 0 Å². The molecule has 0 N–H and O–H groups in total. The van der Waals surface area contributed by atoms with Crippen molar-refractivity contribution >= 4 is 38.5 Å². The first kappa shape index (κ1) is 10.6. The minimum atomic E-state index is 0.176. The van der Waals surface area contributed by atoms with E-state index in [0.29, 0.717) is 6.42 Å². The number of carbonyl (C=O) groups excluding carboxylic acids is 1. The standard InChI is InChI=1S/C13H9NOS2/c15-11(6-10-7-14-8-16-10)13-5-9-3-1-2-4-12(9)17-13/h1-5,7-8H,6H2. The van der Waals surface area contributed by atoms with Crippen molar-refractivity contribution < 1.29 is 4.79 Å². The molecule has 2 aromatic heterocycles. The summed E-state index contributed by atoms with van der Waals surface area (Å²) in [5.41, 5.74) is 1.76. The van der Waals surface area contributed by atoms with Gasteiger partial charge in [-0.2, -0.15) is 0 Å². The Kier molecular flexibility index (Phi) is 2.74. The number of thiazole rings is 1. The fraction of sp³-hybridized carbons (Fsp3) is 0.0769. The third-order valence-corrected chi connectivity index (χ3v) is 4.46. The van der Waals surface area contributed by atoms with E-state index in [1.54, 1.807) is 23.0 Å². The molecule has 0 spiro atoms. The van der Waals surface area contributed by atoms with E-state index in [-0.39, 0.29) is 5.78 Å². The van der Waals surface area contributed by atoms with Crippen molar-refractivity contribution in [3.05, 3.63) is 51.8 Å². The van der Waals surface area contributed by atoms with E-state index in [2.05, 4.69) is 4.98 Å². The lowest BCUT2D eigenvalue weighted by molar-refractivity contribution is 0.0997. The minimum absolute atomic E-state index is 0.176. The number of aromatic nitrogens is 1. The molecular formula is C13H9NOS2. The lowest BCUT2D eigenvalue weighted by atomic mass is 10.2. The summed E-state index contributed by atoms with van der Waals surface area (Å²) in [5.74, 6) is 0.176. The van der Waals surface area contributed by atoms with Crippen LogP contribution in [0.5, 0.6) is 0 Å². The molecule has 0 aliphatic rings. The van der Waals surface area contributed by atoms with Crippen LogP contribution in [0.25, 0.3) is 10.1 Å². The molecule has 3 rings (SSSR count). The number of benzene rings is 1. The van der Waals surface area contributed by atoms with Gasteiger partial charge in [0.25, 0.3) is 0 Å². The quantitative estimate of drug-likeness (QED) is 0.670. The molecule has 0 aliphatic carbocycles. The molecule has 0 unspecified atom stereocenters. The maximum Gasteiger partial charge on any atom is 0.178 e. The molecule has 3 aromatic rings. The van der Waals surface area contributed by atoms with Gasteiger partial charge in [0, 0.05) is 22.2 Å². The van der Waals surface area contributed by atoms with Gasteiger partial charge in [0.05, 0.1) is 10.4 Å². The van der Waals surface area contributed by atoms with Gasteiger partial charge < -0.3 is 0 Å². The third kappa shape index (κ3) is 2.14. The summed E-state index contributed by atoms with van der Waals surface area (Å²) in [6.45, 7) is 0. The highest BCUT2D eigenvalue weighted by molar-refractivity contribution is 7.20. The summed E-state index contributed by atoms with van der Waals surface area (Å²) in [6, 6.07) is 10.0. The van der Waals surface area contributed by atoms with Crippen molar-refractivity contribution in [2.75, 3.05) is 0 Å². The highest BCUT2D eigenvalue weighted by Gasteiger charge is 2.11. The number of hydrogen-bond donors (Lipinski definition) is 0. The molecule has 0 saturated heterocycles. The Morgan fingerprint density at radius 1 is 1.29 bits per heavy atom. The van der Waals surface area contributed by atoms with Crippen LogP contribution in [0, 0.1) is 0 Å². The number of carbonyl (C=O) groups is 1. The van der Waals surface area contributed by atoms with Crippen molar-refractivity contribution in [3.63, 3.8) is 0 Å². The zero-order valence-electron chi connectivity index (χ0n) is 8.92. The van der Waals surface area contributed by atoms with E-state index < -0.39 is 0 Å². The van der Waals surface area contributed by atoms with E-state index in [0.717, 1.165) is 15.1 Å². The van der Waals surface area contributed by atoms with Gasteiger partial charge in [0.1, 0.15) is 0 Å². The molecule has 2 nitrogen and oxygen atoms in total. The Morgan fingerprint density at radius 3 is 2.94 bits per heavy atom. The second-order valence-electron chi connectivity index (χ2n) is 3.72. The largest absolute Gasteiger partial charge is 0.293 e. The predicted molar refractivity (Wildman–Crippen MR) is 72.0 cm³/mol. The zero-order valence-corrected chi connectivity index (χ0v) is 10.6. The van der Waals surface area contributed by atoms with Gasteiger partial charge in [-0.3, -0.25) is 9.78 Å². The molecule has 0 aliphatic heterocycles. The summed E-state index contributed by atoms with van der Waals surface area (Å²) < 4.78 is 1.17. The Labute approximate surface area is 107 Å². The van der Waals surface area contributed by atoms with Crippen LogP contribution in [-0.2, 0) is 6.42 Å². The maximum absolute atomic E-state index is 12.1. The van der Waals surface area contributed by atoms with E-state index in [9.17, 15) is 4.79 Å². The predicted octanol–water partition coefficient (Wildman–Crippen LogP) is 3.78. The van der Waals surface area contributed by atoms with E-state index in [4.69, 9.17) is 0 Å². The van der Waals surface area contributed by atoms with Crippen LogP contribution in [0.1, 0.15) is 14.5 Å². The zero-order chi connectivity index (χ0) is 11.7. The second kappa shape index (κ2) is 4.39. The molecule has 0 saturated carbocycles. The molecule has 0 atom stereocenters. The number of nitrogens with zero attached hydrogens (tertiary/aromatic N) is 1. The average molecular weight is 259 g/mol. The van der Waals surface area contributed by atoms with Crippen LogP contribution in [-0.4, -0.2) is 10.8 Å². The van der Waals surface area contributed by atoms with Gasteiger partial charge in [0.2, 0.25) is 0 Å². The van der Waals surface area contributed by atoms with E-state index in [1.807, 2.05) is 30.3 Å². The number of hydrogen-bond acceptors (Lipinski definition) is 4. The van der Waals surface area contributed by atoms with Crippen molar-refractivity contribution in [3.8, 4) is 0 Å². The molecule has 0 radical (unpaired) electrons. The normalized spacial score (nSPS) is 10.8. The third-order valence-electron chi connectivity index (χ3n) is 2.52. The first-order valence-corrected chi connectivity index (χ1v) is 6.92. The molecular weight excluding hydrogens is 250 g/mol. The van der Waals surface area contributed by atoms with E-state index >= 15 is 0 Å². The first-order valence-electron chi connectivity index (χ1n) is 5.22. The van der Waals surface area contributed by atoms with Crippen molar-refractivity contribution in [2.24, 2.45) is 0 Å². The van der Waals surface area contributed by atoms with Crippen LogP contribution >= 0.6 is 22.7 Å². The Hall–Kier alpha value is -1.52. The van der Waals surface area contributed by atoms with Gasteiger partial charge in [-0.05, 0) is 17.5 Å². The van der Waals surface area contributed by atoms with Crippen molar-refractivity contribution in [2.45, 2.75) is 6.42 Å². The molecule has 0 amide bonds. The summed E-state index contributed by atoms with van der Waals surface area (Å²) in [4.78, 5) is 17.9. The molecule has 1 aromatic carbocycles. The summed E-state index contributed by atoms with van der Waals surface area (Å²) in [6.07, 6.45) is 2.22. The Bertz CT molecular complexity index is 622. The molecule has 84 valence electrons. The van der Waals surface area contributed by atoms with Crippen LogP contribution in [0.2, 0.25) is 0 Å². The average Bonchev–Trinajstić information content (AvgIpc) is 2.96. The molecule has 17 heavy (non-hydrogen) atoms. The number of ketones is 1. The monoisotopic (exact) mass is 259 g/mol. The maximum atomic E-state index is 12.1. The van der Waals surface area contributed by atoms with E-state index in [1.165, 1.54) is 16.0 Å². The summed E-state index contributed by atoms with van der Waals surface area (Å²) >= 11 is 3.09. The van der Waals surface area contributed by atoms with Crippen LogP contribution in [0.3, 0.4) is 0 Å². The highest BCUT2D eigenvalue weighted by atomic mass is 32.1. The van der Waals surface area contributed by atoms with Crippen molar-refractivity contribution in [1.82, 2.24) is 4.98 Å². The topological polar surface area (TPSA) is 30.0 Å². The molecule has 2 heterocycles. The summed E-state index contributed by atoms with van der Waals surface area (Å²) in [7, 11) is 0. The van der Waals surface area contributed by atoms with Gasteiger partial charge in [0.15, 0.2) is 5.78 Å². The summed E-state index contributed by atoms with van der Waals surface area (Å²) in [5, 5.41) is 1.14. The number of Topliss-reactive ketones (excluding diaryl/α,β-unsaturated/α-hetero) is 1. The molecule has 0 fully saturated rings. The fourth-order valence-electron chi connectivity index (χ4n) is 1.69. The smallest absolute Gasteiger partial charge is 0.178 e. The van der Waals surface area contributed by atoms with Gasteiger partial charge in [-0.1, -0.05) is 18.2 Å². The lowest BCUT2D eigenvalue weighted by Gasteiger charge is -1.92. The number of fused-ring (bicyclic) bond motifs is 1. The van der Waals surface area contributed by atoms with Crippen LogP contribution in [0.15, 0.2) is 42.0 Å². The van der Waals surface area contributed by atoms with Gasteiger partial charge >= 0.3 is 0 Å². The molecule has 4 heteroatoms. The van der Waals surface area contributed by atoms with Gasteiger partial charge in [-0.15, -0.1) is 22.7 Å². The fourth-order valence-corrected chi connectivity index (χ4v) is 3.29. The van der Waals surface area contributed by atoms with Gasteiger partial charge in [-0.25, -0.2) is 0 Å². The Balaban J connectivity index is 1.90. The Morgan fingerprint density at radius 2 is 2.18 bits per heavy atom. The lowest BCUT2D eigenvalue weighted by Crippen LogP contribution is -1.98. The SMILES string of the molecule is O=C(Cc1cncs1)c1cc2ccccc2s1. The number of thiophene rings is 1.